The van der Waals surface area contributed by atoms with E-state index in [2.05, 4.69) is 94.3 Å². The smallest absolute Gasteiger partial charge is 0.323 e. The molecule has 3 aromatic carbocycles. The molecule has 1 saturated heterocycles. The number of rotatable bonds is 6. The maximum Gasteiger partial charge on any atom is 0.323 e. The van der Waals surface area contributed by atoms with Gasteiger partial charge in [-0.15, -0.1) is 0 Å². The Kier molecular flexibility index (Phi) is 8.87. The Morgan fingerprint density at radius 2 is 1.27 bits per heavy atom. The molecule has 3 aromatic rings. The molecule has 1 aliphatic rings. The van der Waals surface area contributed by atoms with Crippen LogP contribution in [0.15, 0.2) is 66.7 Å². The van der Waals surface area contributed by atoms with Gasteiger partial charge in [0, 0.05) is 48.8 Å². The van der Waals surface area contributed by atoms with Crippen molar-refractivity contribution in [2.45, 2.75) is 65.7 Å². The third kappa shape index (κ3) is 6.85. The molecule has 1 fully saturated rings. The van der Waals surface area contributed by atoms with Crippen LogP contribution < -0.4 is 15.5 Å². The van der Waals surface area contributed by atoms with Crippen LogP contribution >= 0.6 is 0 Å². The van der Waals surface area contributed by atoms with Crippen LogP contribution in [0.25, 0.3) is 0 Å². The lowest BCUT2D eigenvalue weighted by Gasteiger charge is -2.36. The number of hydrogen-bond acceptors (Lipinski definition) is 3. The number of nitrogens with zero attached hydrogens (tertiary/aromatic N) is 2. The Morgan fingerprint density at radius 1 is 0.725 bits per heavy atom. The van der Waals surface area contributed by atoms with Crippen molar-refractivity contribution in [3.63, 3.8) is 0 Å². The average molecular weight is 541 g/mol. The van der Waals surface area contributed by atoms with Gasteiger partial charge in [-0.3, -0.25) is 4.79 Å². The Hall–Kier alpha value is -3.80. The Labute approximate surface area is 239 Å². The van der Waals surface area contributed by atoms with Crippen molar-refractivity contribution in [1.82, 2.24) is 4.90 Å². The molecule has 0 aromatic heterocycles. The van der Waals surface area contributed by atoms with E-state index in [-0.39, 0.29) is 17.4 Å². The van der Waals surface area contributed by atoms with Gasteiger partial charge in [-0.05, 0) is 70.3 Å². The summed E-state index contributed by atoms with van der Waals surface area (Å²) in [6.07, 6.45) is 0. The van der Waals surface area contributed by atoms with E-state index in [1.165, 1.54) is 5.56 Å². The summed E-state index contributed by atoms with van der Waals surface area (Å²) >= 11 is 0. The van der Waals surface area contributed by atoms with Crippen molar-refractivity contribution in [2.24, 2.45) is 0 Å². The number of amides is 3. The third-order valence-corrected chi connectivity index (χ3v) is 7.67. The lowest BCUT2D eigenvalue weighted by molar-refractivity contribution is 0.0746. The SMILES string of the molecule is CC(C)c1cccc(C(C)C)c1NC(=O)Nc1ccc(N2CCN(C(=O)c3ccc(C(C)(C)C)cc3)CC2)cc1. The largest absolute Gasteiger partial charge is 0.368 e. The molecular formula is C34H44N4O2. The predicted molar refractivity (Wildman–Crippen MR) is 167 cm³/mol. The van der Waals surface area contributed by atoms with Gasteiger partial charge in [-0.2, -0.15) is 0 Å². The van der Waals surface area contributed by atoms with Gasteiger partial charge in [0.05, 0.1) is 0 Å². The van der Waals surface area contributed by atoms with Crippen molar-refractivity contribution < 1.29 is 9.59 Å². The molecule has 0 spiro atoms. The summed E-state index contributed by atoms with van der Waals surface area (Å²) in [5.74, 6) is 0.696. The first-order valence-electron chi connectivity index (χ1n) is 14.4. The van der Waals surface area contributed by atoms with E-state index in [1.54, 1.807) is 0 Å². The quantitative estimate of drug-likeness (QED) is 0.335. The maximum absolute atomic E-state index is 13.1. The molecule has 0 saturated carbocycles. The van der Waals surface area contributed by atoms with Gasteiger partial charge in [0.2, 0.25) is 0 Å². The zero-order valence-corrected chi connectivity index (χ0v) is 25.0. The summed E-state index contributed by atoms with van der Waals surface area (Å²) in [7, 11) is 0. The molecule has 0 aliphatic carbocycles. The molecule has 212 valence electrons. The highest BCUT2D eigenvalue weighted by Gasteiger charge is 2.23. The lowest BCUT2D eigenvalue weighted by atomic mass is 9.86. The normalized spacial score (nSPS) is 14.0. The van der Waals surface area contributed by atoms with E-state index in [9.17, 15) is 9.59 Å². The number of para-hydroxylation sites is 1. The molecule has 40 heavy (non-hydrogen) atoms. The number of anilines is 3. The third-order valence-electron chi connectivity index (χ3n) is 7.67. The molecule has 0 bridgehead atoms. The molecule has 0 unspecified atom stereocenters. The number of carbonyl (C=O) groups is 2. The Morgan fingerprint density at radius 3 is 1.77 bits per heavy atom. The monoisotopic (exact) mass is 540 g/mol. The highest BCUT2D eigenvalue weighted by molar-refractivity contribution is 6.01. The van der Waals surface area contributed by atoms with Gasteiger partial charge in [-0.1, -0.05) is 78.8 Å². The van der Waals surface area contributed by atoms with Crippen LogP contribution in [0.1, 0.15) is 87.4 Å². The first-order chi connectivity index (χ1) is 18.9. The van der Waals surface area contributed by atoms with E-state index in [1.807, 2.05) is 41.3 Å². The van der Waals surface area contributed by atoms with Crippen molar-refractivity contribution in [1.29, 1.82) is 0 Å². The van der Waals surface area contributed by atoms with Crippen molar-refractivity contribution in [3.8, 4) is 0 Å². The van der Waals surface area contributed by atoms with Gasteiger partial charge in [0.1, 0.15) is 0 Å². The van der Waals surface area contributed by atoms with Gasteiger partial charge >= 0.3 is 6.03 Å². The summed E-state index contributed by atoms with van der Waals surface area (Å²) in [6, 6.07) is 21.9. The molecule has 1 aliphatic heterocycles. The minimum atomic E-state index is -0.245. The van der Waals surface area contributed by atoms with Crippen molar-refractivity contribution in [2.75, 3.05) is 41.7 Å². The van der Waals surface area contributed by atoms with Crippen LogP contribution in [0, 0.1) is 0 Å². The van der Waals surface area contributed by atoms with Gasteiger partial charge in [-0.25, -0.2) is 4.79 Å². The molecule has 0 radical (unpaired) electrons. The first kappa shape index (κ1) is 29.2. The van der Waals surface area contributed by atoms with Crippen LogP contribution in [0.3, 0.4) is 0 Å². The summed E-state index contributed by atoms with van der Waals surface area (Å²) in [5.41, 5.74) is 7.03. The molecule has 6 nitrogen and oxygen atoms in total. The van der Waals surface area contributed by atoms with E-state index >= 15 is 0 Å². The fraction of sp³-hybridized carbons (Fsp3) is 0.412. The van der Waals surface area contributed by atoms with Crippen LogP contribution in [0.4, 0.5) is 21.9 Å². The molecule has 6 heteroatoms. The number of benzene rings is 3. The molecule has 2 N–H and O–H groups in total. The average Bonchev–Trinajstić information content (AvgIpc) is 2.92. The minimum absolute atomic E-state index is 0.0680. The number of hydrogen-bond donors (Lipinski definition) is 2. The number of nitrogens with one attached hydrogen (secondary N) is 2. The maximum atomic E-state index is 13.1. The number of urea groups is 1. The zero-order chi connectivity index (χ0) is 29.0. The highest BCUT2D eigenvalue weighted by atomic mass is 16.2. The lowest BCUT2D eigenvalue weighted by Crippen LogP contribution is -2.48. The minimum Gasteiger partial charge on any atom is -0.368 e. The van der Waals surface area contributed by atoms with Gasteiger partial charge in [0.25, 0.3) is 5.91 Å². The molecule has 3 amide bonds. The fourth-order valence-electron chi connectivity index (χ4n) is 5.19. The predicted octanol–water partition coefficient (Wildman–Crippen LogP) is 7.84. The van der Waals surface area contributed by atoms with E-state index < -0.39 is 0 Å². The summed E-state index contributed by atoms with van der Waals surface area (Å²) in [6.45, 7) is 18.0. The zero-order valence-electron chi connectivity index (χ0n) is 25.0. The van der Waals surface area contributed by atoms with Crippen LogP contribution in [0.5, 0.6) is 0 Å². The van der Waals surface area contributed by atoms with Crippen LogP contribution in [-0.2, 0) is 5.41 Å². The summed E-state index contributed by atoms with van der Waals surface area (Å²) in [5, 5.41) is 6.09. The standard InChI is InChI=1S/C34H44N4O2/c1-23(2)29-9-8-10-30(24(3)4)31(29)36-33(40)35-27-15-17-28(18-16-27)37-19-21-38(22-20-37)32(39)25-11-13-26(14-12-25)34(5,6)7/h8-18,23-24H,19-22H2,1-7H3,(H2,35,36,40). The fourth-order valence-corrected chi connectivity index (χ4v) is 5.19. The number of carbonyl (C=O) groups excluding carboxylic acids is 2. The Bertz CT molecular complexity index is 1290. The van der Waals surface area contributed by atoms with Gasteiger partial charge < -0.3 is 20.4 Å². The second-order valence-electron chi connectivity index (χ2n) is 12.4. The van der Waals surface area contributed by atoms with Crippen LogP contribution in [-0.4, -0.2) is 43.0 Å². The second-order valence-corrected chi connectivity index (χ2v) is 12.4. The topological polar surface area (TPSA) is 64.7 Å². The first-order valence-corrected chi connectivity index (χ1v) is 14.4. The molecule has 0 atom stereocenters. The Balaban J connectivity index is 1.33. The van der Waals surface area contributed by atoms with E-state index in [0.29, 0.717) is 24.9 Å². The summed E-state index contributed by atoms with van der Waals surface area (Å²) in [4.78, 5) is 30.2. The summed E-state index contributed by atoms with van der Waals surface area (Å²) < 4.78 is 0. The van der Waals surface area contributed by atoms with Crippen LogP contribution in [0.2, 0.25) is 0 Å². The molecule has 1 heterocycles. The van der Waals surface area contributed by atoms with E-state index in [0.717, 1.165) is 46.8 Å². The van der Waals surface area contributed by atoms with Crippen molar-refractivity contribution >= 4 is 29.0 Å². The molecular weight excluding hydrogens is 496 g/mol. The van der Waals surface area contributed by atoms with E-state index in [4.69, 9.17) is 0 Å². The molecule has 4 rings (SSSR count). The number of piperazine rings is 1. The van der Waals surface area contributed by atoms with Crippen molar-refractivity contribution in [3.05, 3.63) is 89.0 Å². The highest BCUT2D eigenvalue weighted by Crippen LogP contribution is 2.32. The second kappa shape index (κ2) is 12.2. The van der Waals surface area contributed by atoms with Gasteiger partial charge in [0.15, 0.2) is 0 Å².